The summed E-state index contributed by atoms with van der Waals surface area (Å²) in [7, 11) is 0. The molecular formula is C10H8N3O. The van der Waals surface area contributed by atoms with Gasteiger partial charge in [-0.05, 0) is 11.6 Å². The van der Waals surface area contributed by atoms with Crippen LogP contribution in [0.15, 0.2) is 12.3 Å². The second-order valence-corrected chi connectivity index (χ2v) is 3.28. The van der Waals surface area contributed by atoms with E-state index in [0.29, 0.717) is 19.0 Å². The Hall–Kier alpha value is -1.68. The first-order valence-electron chi connectivity index (χ1n) is 4.37. The van der Waals surface area contributed by atoms with Crippen molar-refractivity contribution in [2.24, 2.45) is 0 Å². The Kier molecular flexibility index (Phi) is 1.46. The Morgan fingerprint density at radius 3 is 3.14 bits per heavy atom. The van der Waals surface area contributed by atoms with E-state index in [9.17, 15) is 0 Å². The van der Waals surface area contributed by atoms with E-state index in [4.69, 9.17) is 10.5 Å². The van der Waals surface area contributed by atoms with E-state index in [-0.39, 0.29) is 0 Å². The Morgan fingerprint density at radius 2 is 2.21 bits per heavy atom. The number of nitrogens with zero attached hydrogens (tertiary/aromatic N) is 2. The summed E-state index contributed by atoms with van der Waals surface area (Å²) in [5.74, 6) is 0.554. The molecule has 4 nitrogen and oxygen atoms in total. The maximum Gasteiger partial charge on any atom is 0.130 e. The third-order valence-electron chi connectivity index (χ3n) is 2.48. The van der Waals surface area contributed by atoms with Gasteiger partial charge in [0.1, 0.15) is 5.82 Å². The minimum atomic E-state index is 0.554. The SMILES string of the molecule is Nc1nc2cn[c]cc2c2c1COC2. The molecule has 2 aromatic heterocycles. The first kappa shape index (κ1) is 7.70. The number of nitrogen functional groups attached to an aromatic ring is 1. The molecule has 0 atom stereocenters. The molecule has 0 amide bonds. The molecule has 0 aliphatic carbocycles. The average molecular weight is 186 g/mol. The first-order valence-corrected chi connectivity index (χ1v) is 4.37. The van der Waals surface area contributed by atoms with Gasteiger partial charge in [0.15, 0.2) is 0 Å². The molecule has 0 unspecified atom stereocenters. The fraction of sp³-hybridized carbons (Fsp3) is 0.200. The van der Waals surface area contributed by atoms with Crippen LogP contribution >= 0.6 is 0 Å². The molecule has 0 spiro atoms. The maximum absolute atomic E-state index is 5.81. The quantitative estimate of drug-likeness (QED) is 0.667. The minimum Gasteiger partial charge on any atom is -0.383 e. The lowest BCUT2D eigenvalue weighted by atomic mass is 10.1. The standard InChI is InChI=1S/C10H8N3O/c11-10-8-5-14-4-7(8)6-1-2-12-3-9(6)13-10/h1,3H,4-5H2,(H2,11,13). The molecule has 0 bridgehead atoms. The number of aromatic nitrogens is 2. The zero-order valence-corrected chi connectivity index (χ0v) is 7.45. The van der Waals surface area contributed by atoms with Gasteiger partial charge in [0.2, 0.25) is 0 Å². The molecule has 0 saturated heterocycles. The van der Waals surface area contributed by atoms with Crippen molar-refractivity contribution in [3.8, 4) is 0 Å². The van der Waals surface area contributed by atoms with Crippen LogP contribution in [0.2, 0.25) is 0 Å². The minimum absolute atomic E-state index is 0.554. The van der Waals surface area contributed by atoms with Gasteiger partial charge in [0.25, 0.3) is 0 Å². The van der Waals surface area contributed by atoms with Crippen molar-refractivity contribution in [1.82, 2.24) is 9.97 Å². The molecule has 1 aliphatic heterocycles. The van der Waals surface area contributed by atoms with Gasteiger partial charge in [-0.3, -0.25) is 4.98 Å². The van der Waals surface area contributed by atoms with E-state index in [1.807, 2.05) is 6.07 Å². The zero-order chi connectivity index (χ0) is 9.54. The Morgan fingerprint density at radius 1 is 1.36 bits per heavy atom. The molecule has 2 aromatic rings. The summed E-state index contributed by atoms with van der Waals surface area (Å²) >= 11 is 0. The van der Waals surface area contributed by atoms with Crippen LogP contribution in [-0.2, 0) is 18.0 Å². The van der Waals surface area contributed by atoms with Crippen molar-refractivity contribution in [3.05, 3.63) is 29.6 Å². The lowest BCUT2D eigenvalue weighted by Crippen LogP contribution is -1.98. The van der Waals surface area contributed by atoms with Gasteiger partial charge < -0.3 is 10.5 Å². The molecule has 4 heteroatoms. The molecule has 1 radical (unpaired) electrons. The van der Waals surface area contributed by atoms with Crippen molar-refractivity contribution in [1.29, 1.82) is 0 Å². The van der Waals surface area contributed by atoms with E-state index in [2.05, 4.69) is 16.2 Å². The summed E-state index contributed by atoms with van der Waals surface area (Å²) in [4.78, 5) is 8.16. The number of rotatable bonds is 0. The molecule has 1 aliphatic rings. The Labute approximate surface area is 80.7 Å². The van der Waals surface area contributed by atoms with Crippen molar-refractivity contribution in [2.45, 2.75) is 13.2 Å². The van der Waals surface area contributed by atoms with Gasteiger partial charge in [0, 0.05) is 10.9 Å². The molecule has 3 heterocycles. The first-order chi connectivity index (χ1) is 6.86. The van der Waals surface area contributed by atoms with Crippen LogP contribution in [0.25, 0.3) is 10.9 Å². The van der Waals surface area contributed by atoms with Crippen LogP contribution in [0.4, 0.5) is 5.82 Å². The van der Waals surface area contributed by atoms with Gasteiger partial charge in [-0.2, -0.15) is 0 Å². The highest BCUT2D eigenvalue weighted by Gasteiger charge is 2.18. The molecule has 0 aromatic carbocycles. The molecule has 0 saturated carbocycles. The summed E-state index contributed by atoms with van der Waals surface area (Å²) < 4.78 is 5.35. The van der Waals surface area contributed by atoms with Crippen molar-refractivity contribution in [3.63, 3.8) is 0 Å². The van der Waals surface area contributed by atoms with Gasteiger partial charge in [-0.15, -0.1) is 0 Å². The van der Waals surface area contributed by atoms with E-state index in [1.165, 1.54) is 0 Å². The van der Waals surface area contributed by atoms with Gasteiger partial charge in [-0.1, -0.05) is 0 Å². The molecule has 14 heavy (non-hydrogen) atoms. The van der Waals surface area contributed by atoms with Gasteiger partial charge in [0.05, 0.1) is 31.1 Å². The topological polar surface area (TPSA) is 61.0 Å². The summed E-state index contributed by atoms with van der Waals surface area (Å²) in [5, 5.41) is 1.04. The highest BCUT2D eigenvalue weighted by Crippen LogP contribution is 2.30. The van der Waals surface area contributed by atoms with Gasteiger partial charge in [-0.25, -0.2) is 4.98 Å². The summed E-state index contributed by atoms with van der Waals surface area (Å²) in [5.41, 5.74) is 8.76. The number of ether oxygens (including phenoxy) is 1. The van der Waals surface area contributed by atoms with E-state index in [0.717, 1.165) is 22.0 Å². The van der Waals surface area contributed by atoms with Crippen molar-refractivity contribution >= 4 is 16.7 Å². The number of anilines is 1. The predicted molar refractivity (Wildman–Crippen MR) is 51.3 cm³/mol. The summed E-state index contributed by atoms with van der Waals surface area (Å²) in [6, 6.07) is 1.83. The smallest absolute Gasteiger partial charge is 0.130 e. The normalized spacial score (nSPS) is 14.6. The maximum atomic E-state index is 5.81. The van der Waals surface area contributed by atoms with Crippen molar-refractivity contribution < 1.29 is 4.74 Å². The number of hydrogen-bond acceptors (Lipinski definition) is 4. The van der Waals surface area contributed by atoms with E-state index in [1.54, 1.807) is 6.20 Å². The molecular weight excluding hydrogens is 178 g/mol. The molecule has 0 fully saturated rings. The van der Waals surface area contributed by atoms with Crippen LogP contribution in [-0.4, -0.2) is 9.97 Å². The number of fused-ring (bicyclic) bond motifs is 3. The Bertz CT molecular complexity index is 510. The van der Waals surface area contributed by atoms with Crippen LogP contribution in [0.3, 0.4) is 0 Å². The molecule has 3 rings (SSSR count). The highest BCUT2D eigenvalue weighted by molar-refractivity contribution is 5.84. The van der Waals surface area contributed by atoms with Crippen LogP contribution < -0.4 is 5.73 Å². The Balaban J connectivity index is 2.46. The fourth-order valence-electron chi connectivity index (χ4n) is 1.77. The largest absolute Gasteiger partial charge is 0.383 e. The van der Waals surface area contributed by atoms with Crippen LogP contribution in [0.1, 0.15) is 11.1 Å². The fourth-order valence-corrected chi connectivity index (χ4v) is 1.77. The molecule has 2 N–H and O–H groups in total. The summed E-state index contributed by atoms with van der Waals surface area (Å²) in [6.45, 7) is 1.17. The number of nitrogens with two attached hydrogens (primary N) is 1. The molecule has 69 valence electrons. The third-order valence-corrected chi connectivity index (χ3v) is 2.48. The van der Waals surface area contributed by atoms with Gasteiger partial charge >= 0.3 is 0 Å². The lowest BCUT2D eigenvalue weighted by molar-refractivity contribution is 0.135. The second-order valence-electron chi connectivity index (χ2n) is 3.28. The number of pyridine rings is 2. The van der Waals surface area contributed by atoms with Crippen LogP contribution in [0.5, 0.6) is 0 Å². The highest BCUT2D eigenvalue weighted by atomic mass is 16.5. The second kappa shape index (κ2) is 2.65. The van der Waals surface area contributed by atoms with E-state index >= 15 is 0 Å². The lowest BCUT2D eigenvalue weighted by Gasteiger charge is -2.04. The number of hydrogen-bond donors (Lipinski definition) is 1. The third kappa shape index (κ3) is 0.914. The predicted octanol–water partition coefficient (Wildman–Crippen LogP) is 1.04. The van der Waals surface area contributed by atoms with Crippen molar-refractivity contribution in [2.75, 3.05) is 5.73 Å². The average Bonchev–Trinajstić information content (AvgIpc) is 2.67. The summed E-state index contributed by atoms with van der Waals surface area (Å²) in [6.07, 6.45) is 4.47. The van der Waals surface area contributed by atoms with E-state index < -0.39 is 0 Å². The monoisotopic (exact) mass is 186 g/mol. The zero-order valence-electron chi connectivity index (χ0n) is 7.45. The van der Waals surface area contributed by atoms with Crippen LogP contribution in [0, 0.1) is 6.20 Å².